The molecular formula is C22H26N2O3S. The van der Waals surface area contributed by atoms with Crippen molar-refractivity contribution >= 4 is 21.6 Å². The van der Waals surface area contributed by atoms with Crippen LogP contribution in [-0.2, 0) is 21.2 Å². The summed E-state index contributed by atoms with van der Waals surface area (Å²) >= 11 is 0. The topological polar surface area (TPSA) is 57.7 Å². The van der Waals surface area contributed by atoms with E-state index in [4.69, 9.17) is 0 Å². The zero-order valence-electron chi connectivity index (χ0n) is 16.2. The Labute approximate surface area is 167 Å². The molecule has 28 heavy (non-hydrogen) atoms. The normalized spacial score (nSPS) is 20.6. The van der Waals surface area contributed by atoms with Gasteiger partial charge in [-0.3, -0.25) is 4.79 Å². The molecule has 1 saturated heterocycles. The molecular weight excluding hydrogens is 372 g/mol. The molecule has 2 aromatic carbocycles. The van der Waals surface area contributed by atoms with E-state index < -0.39 is 10.0 Å². The Balaban J connectivity index is 1.57. The maximum Gasteiger partial charge on any atom is 0.243 e. The number of rotatable bonds is 3. The van der Waals surface area contributed by atoms with Crippen LogP contribution in [0.25, 0.3) is 0 Å². The highest BCUT2D eigenvalue weighted by Crippen LogP contribution is 2.33. The first-order chi connectivity index (χ1) is 13.5. The maximum absolute atomic E-state index is 13.4. The maximum atomic E-state index is 13.4. The van der Waals surface area contributed by atoms with Gasteiger partial charge in [0, 0.05) is 25.3 Å². The fourth-order valence-electron chi connectivity index (χ4n) is 4.39. The van der Waals surface area contributed by atoms with E-state index in [1.54, 1.807) is 30.3 Å². The van der Waals surface area contributed by atoms with E-state index in [-0.39, 0.29) is 18.4 Å². The minimum Gasteiger partial charge on any atom is -0.312 e. The van der Waals surface area contributed by atoms with Crippen molar-refractivity contribution in [3.05, 3.63) is 59.7 Å². The summed E-state index contributed by atoms with van der Waals surface area (Å²) in [5, 5.41) is 0. The number of amides is 1. The molecule has 1 fully saturated rings. The van der Waals surface area contributed by atoms with Crippen molar-refractivity contribution in [2.45, 2.75) is 37.5 Å². The summed E-state index contributed by atoms with van der Waals surface area (Å²) in [6.07, 6.45) is 3.37. The molecule has 2 heterocycles. The summed E-state index contributed by atoms with van der Waals surface area (Å²) < 4.78 is 27.5. The number of sulfonamides is 1. The monoisotopic (exact) mass is 398 g/mol. The molecule has 6 heteroatoms. The van der Waals surface area contributed by atoms with Crippen LogP contribution < -0.4 is 4.90 Å². The number of anilines is 1. The molecule has 0 bridgehead atoms. The van der Waals surface area contributed by atoms with Gasteiger partial charge in [0.05, 0.1) is 10.8 Å². The zero-order chi connectivity index (χ0) is 19.7. The fourth-order valence-corrected chi connectivity index (χ4v) is 5.94. The number of carbonyl (C=O) groups is 1. The minimum absolute atomic E-state index is 0.0585. The summed E-state index contributed by atoms with van der Waals surface area (Å²) in [5.74, 6) is -0.235. The molecule has 0 radical (unpaired) electrons. The van der Waals surface area contributed by atoms with Gasteiger partial charge in [0.2, 0.25) is 15.9 Å². The lowest BCUT2D eigenvalue weighted by Crippen LogP contribution is -2.48. The molecule has 0 aromatic heterocycles. The third-order valence-electron chi connectivity index (χ3n) is 5.80. The quantitative estimate of drug-likeness (QED) is 0.796. The number of hydrogen-bond acceptors (Lipinski definition) is 3. The third-order valence-corrected chi connectivity index (χ3v) is 7.68. The first kappa shape index (κ1) is 19.2. The Hall–Kier alpha value is -2.18. The van der Waals surface area contributed by atoms with Crippen molar-refractivity contribution in [1.82, 2.24) is 4.31 Å². The van der Waals surface area contributed by atoms with Gasteiger partial charge in [-0.25, -0.2) is 8.42 Å². The largest absolute Gasteiger partial charge is 0.312 e. The van der Waals surface area contributed by atoms with Crippen molar-refractivity contribution < 1.29 is 13.2 Å². The van der Waals surface area contributed by atoms with Crippen LogP contribution in [-0.4, -0.2) is 38.3 Å². The van der Waals surface area contributed by atoms with Crippen LogP contribution >= 0.6 is 0 Å². The molecule has 4 rings (SSSR count). The van der Waals surface area contributed by atoms with Crippen LogP contribution in [0, 0.1) is 12.8 Å². The van der Waals surface area contributed by atoms with E-state index in [1.807, 2.05) is 24.0 Å². The Morgan fingerprint density at radius 2 is 1.79 bits per heavy atom. The van der Waals surface area contributed by atoms with Crippen molar-refractivity contribution in [2.75, 3.05) is 24.5 Å². The second kappa shape index (κ2) is 7.68. The van der Waals surface area contributed by atoms with Gasteiger partial charge < -0.3 is 4.90 Å². The van der Waals surface area contributed by atoms with Gasteiger partial charge in [-0.05, 0) is 55.9 Å². The minimum atomic E-state index is -3.57. The van der Waals surface area contributed by atoms with Gasteiger partial charge in [0.15, 0.2) is 0 Å². The van der Waals surface area contributed by atoms with Crippen molar-refractivity contribution in [3.63, 3.8) is 0 Å². The molecule has 1 amide bonds. The molecule has 5 nitrogen and oxygen atoms in total. The number of para-hydroxylation sites is 1. The highest BCUT2D eigenvalue weighted by atomic mass is 32.2. The summed E-state index contributed by atoms with van der Waals surface area (Å²) in [4.78, 5) is 15.6. The number of nitrogens with zero attached hydrogens (tertiary/aromatic N) is 2. The predicted octanol–water partition coefficient (Wildman–Crippen LogP) is 3.38. The Morgan fingerprint density at radius 3 is 2.57 bits per heavy atom. The lowest BCUT2D eigenvalue weighted by atomic mass is 9.93. The van der Waals surface area contributed by atoms with Crippen molar-refractivity contribution in [2.24, 2.45) is 5.92 Å². The van der Waals surface area contributed by atoms with E-state index in [0.29, 0.717) is 24.4 Å². The standard InChI is InChI=1S/C22H26N2O3S/c1-17-8-5-9-18-10-7-15-24(21(17)18)22(25)19-11-6-14-23(16-19)28(26,27)20-12-3-2-4-13-20/h2-5,8-9,12-13,19H,6-7,10-11,14-16H2,1H3. The summed E-state index contributed by atoms with van der Waals surface area (Å²) in [5.41, 5.74) is 3.35. The van der Waals surface area contributed by atoms with Gasteiger partial charge in [0.1, 0.15) is 0 Å². The molecule has 2 aliphatic heterocycles. The zero-order valence-corrected chi connectivity index (χ0v) is 17.0. The van der Waals surface area contributed by atoms with Crippen LogP contribution in [0.4, 0.5) is 5.69 Å². The average molecular weight is 399 g/mol. The SMILES string of the molecule is Cc1cccc2c1N(C(=O)C1CCCN(S(=O)(=O)c3ccccc3)C1)CCC2. The predicted molar refractivity (Wildman–Crippen MR) is 110 cm³/mol. The Bertz CT molecular complexity index is 973. The first-order valence-electron chi connectivity index (χ1n) is 9.93. The van der Waals surface area contributed by atoms with Crippen LogP contribution in [0.3, 0.4) is 0 Å². The van der Waals surface area contributed by atoms with Gasteiger partial charge in [-0.2, -0.15) is 4.31 Å². The highest BCUT2D eigenvalue weighted by Gasteiger charge is 2.36. The van der Waals surface area contributed by atoms with Gasteiger partial charge in [0.25, 0.3) is 0 Å². The number of carbonyl (C=O) groups excluding carboxylic acids is 1. The number of hydrogen-bond donors (Lipinski definition) is 0. The van der Waals surface area contributed by atoms with Crippen LogP contribution in [0.2, 0.25) is 0 Å². The third kappa shape index (κ3) is 3.47. The number of piperidine rings is 1. The van der Waals surface area contributed by atoms with E-state index in [1.165, 1.54) is 9.87 Å². The Morgan fingerprint density at radius 1 is 1.00 bits per heavy atom. The van der Waals surface area contributed by atoms with Gasteiger partial charge >= 0.3 is 0 Å². The molecule has 0 saturated carbocycles. The molecule has 1 unspecified atom stereocenters. The molecule has 0 N–H and O–H groups in total. The average Bonchev–Trinajstić information content (AvgIpc) is 2.74. The molecule has 148 valence electrons. The van der Waals surface area contributed by atoms with Crippen LogP contribution in [0.15, 0.2) is 53.4 Å². The molecule has 2 aliphatic rings. The molecule has 2 aromatic rings. The van der Waals surface area contributed by atoms with E-state index in [2.05, 4.69) is 6.07 Å². The van der Waals surface area contributed by atoms with Gasteiger partial charge in [-0.1, -0.05) is 36.4 Å². The summed E-state index contributed by atoms with van der Waals surface area (Å²) in [6, 6.07) is 14.7. The second-order valence-electron chi connectivity index (χ2n) is 7.69. The number of benzene rings is 2. The lowest BCUT2D eigenvalue weighted by molar-refractivity contribution is -0.123. The number of aryl methyl sites for hydroxylation is 2. The van der Waals surface area contributed by atoms with Crippen LogP contribution in [0.1, 0.15) is 30.4 Å². The smallest absolute Gasteiger partial charge is 0.243 e. The van der Waals surface area contributed by atoms with Gasteiger partial charge in [-0.15, -0.1) is 0 Å². The van der Waals surface area contributed by atoms with Crippen LogP contribution in [0.5, 0.6) is 0 Å². The second-order valence-corrected chi connectivity index (χ2v) is 9.63. The first-order valence-corrected chi connectivity index (χ1v) is 11.4. The molecule has 1 atom stereocenters. The van der Waals surface area contributed by atoms with Crippen molar-refractivity contribution in [3.8, 4) is 0 Å². The Kier molecular flexibility index (Phi) is 5.25. The lowest BCUT2D eigenvalue weighted by Gasteiger charge is -2.37. The molecule has 0 spiro atoms. The van der Waals surface area contributed by atoms with E-state index >= 15 is 0 Å². The van der Waals surface area contributed by atoms with E-state index in [0.717, 1.165) is 30.5 Å². The van der Waals surface area contributed by atoms with Crippen molar-refractivity contribution in [1.29, 1.82) is 0 Å². The number of fused-ring (bicyclic) bond motifs is 1. The summed E-state index contributed by atoms with van der Waals surface area (Å²) in [7, 11) is -3.57. The van der Waals surface area contributed by atoms with E-state index in [9.17, 15) is 13.2 Å². The summed E-state index contributed by atoms with van der Waals surface area (Å²) in [6.45, 7) is 3.47. The molecule has 0 aliphatic carbocycles. The highest BCUT2D eigenvalue weighted by molar-refractivity contribution is 7.89. The fraction of sp³-hybridized carbons (Fsp3) is 0.409.